The van der Waals surface area contributed by atoms with Gasteiger partial charge in [-0.15, -0.1) is 0 Å². The number of alkyl halides is 3. The molecule has 0 radical (unpaired) electrons. The predicted octanol–water partition coefficient (Wildman–Crippen LogP) is 6.33. The Morgan fingerprint density at radius 3 is 2.31 bits per heavy atom. The normalized spacial score (nSPS) is 14.7. The number of carbonyl (C=O) groups is 2. The summed E-state index contributed by atoms with van der Waals surface area (Å²) in [6, 6.07) is 7.02. The van der Waals surface area contributed by atoms with Crippen molar-refractivity contribution < 1.29 is 46.5 Å². The molecular weight excluding hydrogens is 650 g/mol. The molecule has 0 saturated carbocycles. The second-order valence-electron chi connectivity index (χ2n) is 12.2. The van der Waals surface area contributed by atoms with E-state index < -0.39 is 53.5 Å². The van der Waals surface area contributed by atoms with Gasteiger partial charge in [0.1, 0.15) is 17.6 Å². The molecule has 2 aromatic rings. The molecule has 2 rings (SSSR count). The van der Waals surface area contributed by atoms with E-state index in [1.807, 2.05) is 13.8 Å². The van der Waals surface area contributed by atoms with Crippen LogP contribution in [0.2, 0.25) is 0 Å². The first-order valence-corrected chi connectivity index (χ1v) is 16.2. The summed E-state index contributed by atoms with van der Waals surface area (Å²) in [7, 11) is 1.47. The second-order valence-corrected chi connectivity index (χ2v) is 12.2. The van der Waals surface area contributed by atoms with Crippen LogP contribution in [0.4, 0.5) is 17.6 Å². The Bertz CT molecular complexity index is 1370. The van der Waals surface area contributed by atoms with Gasteiger partial charge in [0, 0.05) is 37.5 Å². The number of azide groups is 1. The monoisotopic (exact) mass is 697 g/mol. The summed E-state index contributed by atoms with van der Waals surface area (Å²) < 4.78 is 69.7. The van der Waals surface area contributed by atoms with Crippen LogP contribution >= 0.6 is 0 Å². The highest BCUT2D eigenvalue weighted by atomic mass is 19.4. The average molecular weight is 698 g/mol. The molecule has 0 fully saturated rings. The summed E-state index contributed by atoms with van der Waals surface area (Å²) in [6.07, 6.45) is -5.11. The SMILES string of the molecule is CC[C@H](C)[C@H](NC(=O)[C@@H](C[C@H](O)[C@H](COCc1ccc(C(F)(F)F)c(OCCCOC)c1)N=[N+]=[N-])C(C)C)C(=O)NCc1ccc(F)cc1. The smallest absolute Gasteiger partial charge is 0.419 e. The quantitative estimate of drug-likeness (QED) is 0.0456. The minimum absolute atomic E-state index is 0.00967. The second kappa shape index (κ2) is 20.6. The Balaban J connectivity index is 2.08. The van der Waals surface area contributed by atoms with Crippen molar-refractivity contribution in [3.63, 3.8) is 0 Å². The Hall–Kier alpha value is -3.91. The lowest BCUT2D eigenvalue weighted by molar-refractivity contribution is -0.139. The summed E-state index contributed by atoms with van der Waals surface area (Å²) >= 11 is 0. The van der Waals surface area contributed by atoms with Gasteiger partial charge in [0.15, 0.2) is 0 Å². The molecule has 49 heavy (non-hydrogen) atoms. The van der Waals surface area contributed by atoms with Gasteiger partial charge in [-0.2, -0.15) is 13.2 Å². The number of halogens is 4. The summed E-state index contributed by atoms with van der Waals surface area (Å²) in [4.78, 5) is 29.4. The minimum Gasteiger partial charge on any atom is -0.493 e. The van der Waals surface area contributed by atoms with Crippen LogP contribution in [0.1, 0.15) is 63.6 Å². The molecule has 3 N–H and O–H groups in total. The molecule has 2 amide bonds. The van der Waals surface area contributed by atoms with Crippen LogP contribution in [0.3, 0.4) is 0 Å². The third kappa shape index (κ3) is 13.9. The molecule has 0 aliphatic carbocycles. The van der Waals surface area contributed by atoms with Gasteiger partial charge in [0.2, 0.25) is 11.8 Å². The molecule has 0 spiro atoms. The fourth-order valence-electron chi connectivity index (χ4n) is 4.94. The van der Waals surface area contributed by atoms with Crippen LogP contribution in [0.25, 0.3) is 10.4 Å². The van der Waals surface area contributed by atoms with Crippen LogP contribution in [-0.4, -0.2) is 62.0 Å². The molecule has 0 aromatic heterocycles. The lowest BCUT2D eigenvalue weighted by atomic mass is 9.86. The zero-order valence-corrected chi connectivity index (χ0v) is 28.5. The van der Waals surface area contributed by atoms with Crippen molar-refractivity contribution in [1.82, 2.24) is 10.6 Å². The van der Waals surface area contributed by atoms with E-state index in [0.29, 0.717) is 30.6 Å². The average Bonchev–Trinajstić information content (AvgIpc) is 3.06. The van der Waals surface area contributed by atoms with Crippen molar-refractivity contribution in [3.8, 4) is 5.75 Å². The van der Waals surface area contributed by atoms with Gasteiger partial charge in [-0.25, -0.2) is 4.39 Å². The molecule has 5 atom stereocenters. The molecule has 0 heterocycles. The Morgan fingerprint density at radius 1 is 1.04 bits per heavy atom. The van der Waals surface area contributed by atoms with E-state index in [1.54, 1.807) is 26.0 Å². The van der Waals surface area contributed by atoms with Crippen molar-refractivity contribution in [2.24, 2.45) is 22.9 Å². The number of amides is 2. The van der Waals surface area contributed by atoms with E-state index in [9.17, 15) is 32.3 Å². The number of rotatable bonds is 21. The van der Waals surface area contributed by atoms with Crippen LogP contribution in [0.5, 0.6) is 5.75 Å². The fourth-order valence-corrected chi connectivity index (χ4v) is 4.94. The number of nitrogens with one attached hydrogen (secondary N) is 2. The maximum absolute atomic E-state index is 13.5. The van der Waals surface area contributed by atoms with E-state index in [4.69, 9.17) is 19.7 Å². The predicted molar refractivity (Wildman–Crippen MR) is 175 cm³/mol. The van der Waals surface area contributed by atoms with Crippen LogP contribution < -0.4 is 15.4 Å². The van der Waals surface area contributed by atoms with Gasteiger partial charge in [-0.3, -0.25) is 9.59 Å². The van der Waals surface area contributed by atoms with E-state index in [1.165, 1.54) is 31.4 Å². The molecule has 0 aliphatic heterocycles. The summed E-state index contributed by atoms with van der Waals surface area (Å²) in [5.74, 6) is -2.94. The molecule has 2 aromatic carbocycles. The Labute approximate surface area is 284 Å². The molecule has 11 nitrogen and oxygen atoms in total. The Morgan fingerprint density at radius 2 is 1.71 bits per heavy atom. The molecule has 0 saturated heterocycles. The van der Waals surface area contributed by atoms with E-state index in [2.05, 4.69) is 20.7 Å². The number of nitrogens with zero attached hydrogens (tertiary/aromatic N) is 3. The summed E-state index contributed by atoms with van der Waals surface area (Å²) in [6.45, 7) is 7.27. The number of ether oxygens (including phenoxy) is 3. The van der Waals surface area contributed by atoms with Gasteiger partial charge in [-0.1, -0.05) is 57.4 Å². The highest BCUT2D eigenvalue weighted by molar-refractivity contribution is 5.88. The van der Waals surface area contributed by atoms with Crippen LogP contribution in [0.15, 0.2) is 47.6 Å². The number of aliphatic hydroxyl groups excluding tert-OH is 1. The summed E-state index contributed by atoms with van der Waals surface area (Å²) in [5, 5.41) is 20.3. The number of carbonyl (C=O) groups excluding carboxylic acids is 2. The van der Waals surface area contributed by atoms with Crippen molar-refractivity contribution in [2.45, 2.75) is 84.5 Å². The van der Waals surface area contributed by atoms with Crippen molar-refractivity contribution in [2.75, 3.05) is 26.9 Å². The lowest BCUT2D eigenvalue weighted by Crippen LogP contribution is -2.52. The number of methoxy groups -OCH3 is 1. The minimum atomic E-state index is -4.63. The third-order valence-corrected chi connectivity index (χ3v) is 8.11. The molecule has 0 bridgehead atoms. The number of aliphatic hydroxyl groups is 1. The first kappa shape index (κ1) is 41.3. The largest absolute Gasteiger partial charge is 0.493 e. The molecule has 0 aliphatic rings. The third-order valence-electron chi connectivity index (χ3n) is 8.11. The molecule has 0 unspecified atom stereocenters. The fraction of sp³-hybridized carbons (Fsp3) is 0.588. The number of hydrogen-bond acceptors (Lipinski definition) is 7. The summed E-state index contributed by atoms with van der Waals surface area (Å²) in [5.41, 5.74) is 9.26. The number of hydrogen-bond donors (Lipinski definition) is 3. The highest BCUT2D eigenvalue weighted by Crippen LogP contribution is 2.37. The van der Waals surface area contributed by atoms with Crippen molar-refractivity contribution in [3.05, 3.63) is 75.4 Å². The molecule has 272 valence electrons. The van der Waals surface area contributed by atoms with Gasteiger partial charge in [0.05, 0.1) is 37.5 Å². The van der Waals surface area contributed by atoms with Crippen LogP contribution in [0, 0.1) is 23.6 Å². The first-order valence-electron chi connectivity index (χ1n) is 16.2. The number of benzene rings is 2. The van der Waals surface area contributed by atoms with Gasteiger partial charge < -0.3 is 30.0 Å². The van der Waals surface area contributed by atoms with Gasteiger partial charge >= 0.3 is 6.18 Å². The maximum atomic E-state index is 13.5. The molecular formula is C34H47F4N5O6. The first-order chi connectivity index (χ1) is 23.2. The van der Waals surface area contributed by atoms with Gasteiger partial charge in [0.25, 0.3) is 0 Å². The van der Waals surface area contributed by atoms with E-state index in [-0.39, 0.29) is 50.4 Å². The van der Waals surface area contributed by atoms with Gasteiger partial charge in [-0.05, 0) is 59.2 Å². The van der Waals surface area contributed by atoms with E-state index >= 15 is 0 Å². The van der Waals surface area contributed by atoms with Crippen molar-refractivity contribution >= 4 is 11.8 Å². The topological polar surface area (TPSA) is 155 Å². The molecule has 15 heteroatoms. The maximum Gasteiger partial charge on any atom is 0.419 e. The van der Waals surface area contributed by atoms with Crippen LogP contribution in [-0.2, 0) is 38.4 Å². The standard InChI is InChI=1S/C34H47F4N5O6/c1-6-22(4)31(33(46)40-18-23-8-11-25(35)12-9-23)41-32(45)26(21(2)3)17-29(44)28(42-43-39)20-48-19-24-10-13-27(34(36,37)38)30(16-24)49-15-7-14-47-5/h8-13,16,21-22,26,28-29,31,44H,6-7,14-15,17-20H2,1-5H3,(H,40,46)(H,41,45)/t22-,26-,28-,29-,31-/m0/s1. The van der Waals surface area contributed by atoms with E-state index in [0.717, 1.165) is 6.07 Å². The Kier molecular flexibility index (Phi) is 17.3. The zero-order valence-electron chi connectivity index (χ0n) is 28.5. The lowest BCUT2D eigenvalue weighted by Gasteiger charge is -2.29. The van der Waals surface area contributed by atoms with Crippen molar-refractivity contribution in [1.29, 1.82) is 0 Å². The zero-order chi connectivity index (χ0) is 36.6. The highest BCUT2D eigenvalue weighted by Gasteiger charge is 2.35.